The van der Waals surface area contributed by atoms with Crippen LogP contribution in [0.2, 0.25) is 0 Å². The van der Waals surface area contributed by atoms with Gasteiger partial charge in [-0.25, -0.2) is 0 Å². The van der Waals surface area contributed by atoms with Crippen molar-refractivity contribution in [3.05, 3.63) is 45.9 Å². The maximum absolute atomic E-state index is 12.8. The van der Waals surface area contributed by atoms with Gasteiger partial charge in [0, 0.05) is 18.8 Å². The van der Waals surface area contributed by atoms with Gasteiger partial charge in [0.05, 0.1) is 5.39 Å². The highest BCUT2D eigenvalue weighted by molar-refractivity contribution is 5.86. The highest BCUT2D eigenvalue weighted by atomic mass is 16.1. The topological polar surface area (TPSA) is 34.0 Å². The molecule has 118 valence electrons. The van der Waals surface area contributed by atoms with Gasteiger partial charge in [-0.15, -0.1) is 0 Å². The Balaban J connectivity index is 2.33. The fraction of sp³-hybridized carbons (Fsp3) is 0.526. The molecule has 1 aromatic heterocycles. The van der Waals surface area contributed by atoms with E-state index in [2.05, 4.69) is 44.3 Å². The number of aromatic nitrogens is 1. The predicted molar refractivity (Wildman–Crippen MR) is 92.6 cm³/mol. The summed E-state index contributed by atoms with van der Waals surface area (Å²) >= 11 is 0. The quantitative estimate of drug-likeness (QED) is 0.916. The number of hydrogen-bond acceptors (Lipinski definition) is 2. The summed E-state index contributed by atoms with van der Waals surface area (Å²) in [6.07, 6.45) is 4.22. The van der Waals surface area contributed by atoms with E-state index in [4.69, 9.17) is 0 Å². The van der Waals surface area contributed by atoms with Crippen LogP contribution in [0.4, 0.5) is 0 Å². The first kappa shape index (κ1) is 15.3. The van der Waals surface area contributed by atoms with Crippen molar-refractivity contribution in [3.8, 4) is 0 Å². The average Bonchev–Trinajstić information content (AvgIpc) is 2.99. The molecule has 1 aromatic carbocycles. The number of pyridine rings is 1. The zero-order chi connectivity index (χ0) is 15.9. The minimum absolute atomic E-state index is 0.0845. The summed E-state index contributed by atoms with van der Waals surface area (Å²) in [6, 6.07) is 6.85. The van der Waals surface area contributed by atoms with E-state index >= 15 is 0 Å². The highest BCUT2D eigenvalue weighted by Gasteiger charge is 2.24. The van der Waals surface area contributed by atoms with Crippen molar-refractivity contribution < 1.29 is 0 Å². The molecule has 1 saturated heterocycles. The number of nitrogens with zero attached hydrogens (tertiary/aromatic N) is 1. The van der Waals surface area contributed by atoms with Crippen LogP contribution in [0.1, 0.15) is 57.7 Å². The van der Waals surface area contributed by atoms with Crippen LogP contribution < -0.4 is 10.9 Å². The molecule has 0 spiro atoms. The number of hydrogen-bond donors (Lipinski definition) is 1. The van der Waals surface area contributed by atoms with E-state index in [1.807, 2.05) is 13.1 Å². The van der Waals surface area contributed by atoms with Crippen molar-refractivity contribution in [1.29, 1.82) is 0 Å². The standard InChI is InChI=1S/C19H26N2O/c1-5-21-10-8-13-11-14(19(2,3)4)12-15(17(13)18(21)22)16-7-6-9-20-16/h8,10-12,16,20H,5-7,9H2,1-4H3. The first-order valence-corrected chi connectivity index (χ1v) is 8.33. The Morgan fingerprint density at radius 3 is 2.68 bits per heavy atom. The van der Waals surface area contributed by atoms with Crippen LogP contribution >= 0.6 is 0 Å². The monoisotopic (exact) mass is 298 g/mol. The Labute approximate surface area is 132 Å². The summed E-state index contributed by atoms with van der Waals surface area (Å²) in [7, 11) is 0. The van der Waals surface area contributed by atoms with Gasteiger partial charge >= 0.3 is 0 Å². The van der Waals surface area contributed by atoms with Crippen LogP contribution in [0.3, 0.4) is 0 Å². The summed E-state index contributed by atoms with van der Waals surface area (Å²) in [6.45, 7) is 10.5. The lowest BCUT2D eigenvalue weighted by Gasteiger charge is -2.23. The van der Waals surface area contributed by atoms with Crippen LogP contribution in [0.5, 0.6) is 0 Å². The summed E-state index contributed by atoms with van der Waals surface area (Å²) in [5, 5.41) is 5.53. The molecule has 0 radical (unpaired) electrons. The molecule has 1 aliphatic rings. The van der Waals surface area contributed by atoms with E-state index in [-0.39, 0.29) is 11.0 Å². The number of benzene rings is 1. The zero-order valence-electron chi connectivity index (χ0n) is 14.1. The van der Waals surface area contributed by atoms with Crippen LogP contribution in [-0.4, -0.2) is 11.1 Å². The summed E-state index contributed by atoms with van der Waals surface area (Å²) < 4.78 is 1.80. The molecule has 3 nitrogen and oxygen atoms in total. The molecule has 2 heterocycles. The molecular weight excluding hydrogens is 272 g/mol. The molecule has 1 unspecified atom stereocenters. The lowest BCUT2D eigenvalue weighted by Crippen LogP contribution is -2.23. The second kappa shape index (κ2) is 5.54. The summed E-state index contributed by atoms with van der Waals surface area (Å²) in [5.41, 5.74) is 2.72. The van der Waals surface area contributed by atoms with Crippen LogP contribution in [-0.2, 0) is 12.0 Å². The zero-order valence-corrected chi connectivity index (χ0v) is 14.1. The summed E-state index contributed by atoms with van der Waals surface area (Å²) in [5.74, 6) is 0. The van der Waals surface area contributed by atoms with Gasteiger partial charge in [0.15, 0.2) is 0 Å². The largest absolute Gasteiger partial charge is 0.315 e. The van der Waals surface area contributed by atoms with Crippen molar-refractivity contribution in [1.82, 2.24) is 9.88 Å². The van der Waals surface area contributed by atoms with E-state index in [9.17, 15) is 4.79 Å². The van der Waals surface area contributed by atoms with Crippen LogP contribution in [0, 0.1) is 0 Å². The molecule has 0 saturated carbocycles. The Bertz CT molecular complexity index is 746. The average molecular weight is 298 g/mol. The van der Waals surface area contributed by atoms with Crippen molar-refractivity contribution >= 4 is 10.8 Å². The SMILES string of the molecule is CCn1ccc2cc(C(C)(C)C)cc(C3CCCN3)c2c1=O. The van der Waals surface area contributed by atoms with Gasteiger partial charge in [-0.2, -0.15) is 0 Å². The number of rotatable bonds is 2. The molecule has 3 heteroatoms. The maximum atomic E-state index is 12.8. The Hall–Kier alpha value is -1.61. The van der Waals surface area contributed by atoms with Gasteiger partial charge in [0.2, 0.25) is 0 Å². The predicted octanol–water partition coefficient (Wildman–Crippen LogP) is 3.74. The van der Waals surface area contributed by atoms with Gasteiger partial charge in [-0.05, 0) is 54.3 Å². The minimum Gasteiger partial charge on any atom is -0.315 e. The van der Waals surface area contributed by atoms with Crippen molar-refractivity contribution in [2.75, 3.05) is 6.54 Å². The molecular formula is C19H26N2O. The molecule has 3 rings (SSSR count). The van der Waals surface area contributed by atoms with Crippen molar-refractivity contribution in [3.63, 3.8) is 0 Å². The lowest BCUT2D eigenvalue weighted by molar-refractivity contribution is 0.585. The van der Waals surface area contributed by atoms with Gasteiger partial charge in [0.25, 0.3) is 5.56 Å². The second-order valence-corrected chi connectivity index (χ2v) is 7.34. The number of aryl methyl sites for hydroxylation is 1. The van der Waals surface area contributed by atoms with E-state index in [1.54, 1.807) is 4.57 Å². The lowest BCUT2D eigenvalue weighted by atomic mass is 9.83. The molecule has 1 atom stereocenters. The minimum atomic E-state index is 0.0845. The fourth-order valence-corrected chi connectivity index (χ4v) is 3.35. The smallest absolute Gasteiger partial charge is 0.258 e. The van der Waals surface area contributed by atoms with Crippen molar-refractivity contribution in [2.45, 2.75) is 58.5 Å². The van der Waals surface area contributed by atoms with Gasteiger partial charge in [0.1, 0.15) is 0 Å². The summed E-state index contributed by atoms with van der Waals surface area (Å²) in [4.78, 5) is 12.8. The van der Waals surface area contributed by atoms with Crippen molar-refractivity contribution in [2.24, 2.45) is 0 Å². The fourth-order valence-electron chi connectivity index (χ4n) is 3.35. The molecule has 0 amide bonds. The maximum Gasteiger partial charge on any atom is 0.258 e. The number of fused-ring (bicyclic) bond motifs is 1. The molecule has 0 aliphatic carbocycles. The first-order chi connectivity index (χ1) is 10.4. The Kier molecular flexibility index (Phi) is 3.85. The Morgan fingerprint density at radius 1 is 1.32 bits per heavy atom. The molecule has 1 N–H and O–H groups in total. The normalized spacial score (nSPS) is 19.0. The Morgan fingerprint density at radius 2 is 2.09 bits per heavy atom. The third kappa shape index (κ3) is 2.58. The molecule has 22 heavy (non-hydrogen) atoms. The van der Waals surface area contributed by atoms with Crippen LogP contribution in [0.15, 0.2) is 29.2 Å². The third-order valence-corrected chi connectivity index (χ3v) is 4.75. The van der Waals surface area contributed by atoms with E-state index in [0.29, 0.717) is 12.6 Å². The van der Waals surface area contributed by atoms with Gasteiger partial charge < -0.3 is 9.88 Å². The van der Waals surface area contributed by atoms with E-state index in [0.717, 1.165) is 23.7 Å². The third-order valence-electron chi connectivity index (χ3n) is 4.75. The van der Waals surface area contributed by atoms with E-state index in [1.165, 1.54) is 17.5 Å². The highest BCUT2D eigenvalue weighted by Crippen LogP contribution is 2.33. The van der Waals surface area contributed by atoms with Gasteiger partial charge in [-0.1, -0.05) is 32.9 Å². The van der Waals surface area contributed by atoms with Gasteiger partial charge in [-0.3, -0.25) is 4.79 Å². The van der Waals surface area contributed by atoms with Crippen LogP contribution in [0.25, 0.3) is 10.8 Å². The number of nitrogens with one attached hydrogen (secondary N) is 1. The first-order valence-electron chi connectivity index (χ1n) is 8.33. The van der Waals surface area contributed by atoms with E-state index < -0.39 is 0 Å². The second-order valence-electron chi connectivity index (χ2n) is 7.34. The molecule has 1 aliphatic heterocycles. The molecule has 2 aromatic rings. The molecule has 0 bridgehead atoms. The molecule has 1 fully saturated rings.